The first kappa shape index (κ1) is 12.5. The van der Waals surface area contributed by atoms with E-state index < -0.39 is 11.9 Å². The Bertz CT molecular complexity index is 519. The minimum absolute atomic E-state index is 0.374. The average molecular weight is 250 g/mol. The first-order valence-corrected chi connectivity index (χ1v) is 5.63. The number of pyridine rings is 1. The Balaban J connectivity index is 2.48. The van der Waals surface area contributed by atoms with Crippen molar-refractivity contribution in [2.24, 2.45) is 5.73 Å². The van der Waals surface area contributed by atoms with Crippen molar-refractivity contribution in [2.45, 2.75) is 19.5 Å². The van der Waals surface area contributed by atoms with Gasteiger partial charge in [0.15, 0.2) is 5.75 Å². The quantitative estimate of drug-likeness (QED) is 0.892. The molecule has 6 heteroatoms. The van der Waals surface area contributed by atoms with Crippen molar-refractivity contribution in [1.82, 2.24) is 14.8 Å². The van der Waals surface area contributed by atoms with Crippen molar-refractivity contribution in [3.05, 3.63) is 41.7 Å². The molecule has 0 radical (unpaired) electrons. The average Bonchev–Trinajstić information content (AvgIpc) is 2.81. The van der Waals surface area contributed by atoms with Crippen LogP contribution in [0.15, 0.2) is 24.7 Å². The number of nitrogens with two attached hydrogens (primary N) is 1. The number of hydrogen-bond acceptors (Lipinski definition) is 4. The zero-order chi connectivity index (χ0) is 13.1. The highest BCUT2D eigenvalue weighted by atomic mass is 19.1. The monoisotopic (exact) mass is 250 g/mol. The number of aryl methyl sites for hydroxylation is 1. The predicted octanol–water partition coefficient (Wildman–Crippen LogP) is 1.49. The molecule has 5 nitrogen and oxygen atoms in total. The molecule has 96 valence electrons. The molecule has 18 heavy (non-hydrogen) atoms. The standard InChI is InChI=1S/C12H15FN4O/c1-3-17-12(10(18-2)7-16-17)11(14)8-4-5-15-6-9(8)13/h4-7,11H,3,14H2,1-2H3. The van der Waals surface area contributed by atoms with Gasteiger partial charge in [-0.1, -0.05) is 0 Å². The van der Waals surface area contributed by atoms with Crippen molar-refractivity contribution in [1.29, 1.82) is 0 Å². The Morgan fingerprint density at radius 2 is 2.28 bits per heavy atom. The fraction of sp³-hybridized carbons (Fsp3) is 0.333. The second-order valence-electron chi connectivity index (χ2n) is 3.79. The second kappa shape index (κ2) is 5.14. The molecular formula is C12H15FN4O. The number of methoxy groups -OCH3 is 1. The van der Waals surface area contributed by atoms with Crippen LogP contribution < -0.4 is 10.5 Å². The summed E-state index contributed by atoms with van der Waals surface area (Å²) >= 11 is 0. The molecule has 2 aromatic heterocycles. The Morgan fingerprint density at radius 3 is 2.89 bits per heavy atom. The van der Waals surface area contributed by atoms with Crippen LogP contribution in [0.4, 0.5) is 4.39 Å². The van der Waals surface area contributed by atoms with E-state index in [0.717, 1.165) is 6.20 Å². The molecule has 2 aromatic rings. The highest BCUT2D eigenvalue weighted by Gasteiger charge is 2.22. The van der Waals surface area contributed by atoms with E-state index in [-0.39, 0.29) is 0 Å². The van der Waals surface area contributed by atoms with Gasteiger partial charge in [-0.2, -0.15) is 5.10 Å². The minimum Gasteiger partial charge on any atom is -0.493 e. The Kier molecular flexibility index (Phi) is 3.57. The molecule has 0 saturated heterocycles. The van der Waals surface area contributed by atoms with Gasteiger partial charge < -0.3 is 10.5 Å². The molecular weight excluding hydrogens is 235 g/mol. The molecule has 2 heterocycles. The fourth-order valence-corrected chi connectivity index (χ4v) is 1.89. The SMILES string of the molecule is CCn1ncc(OC)c1C(N)c1ccncc1F. The van der Waals surface area contributed by atoms with Gasteiger partial charge in [-0.3, -0.25) is 9.67 Å². The molecule has 0 amide bonds. The summed E-state index contributed by atoms with van der Waals surface area (Å²) in [6.45, 7) is 2.57. The number of rotatable bonds is 4. The van der Waals surface area contributed by atoms with Crippen LogP contribution in [-0.2, 0) is 6.54 Å². The van der Waals surface area contributed by atoms with Crippen LogP contribution in [0, 0.1) is 5.82 Å². The predicted molar refractivity (Wildman–Crippen MR) is 64.7 cm³/mol. The molecule has 0 aliphatic carbocycles. The molecule has 0 bridgehead atoms. The Labute approximate surface area is 104 Å². The summed E-state index contributed by atoms with van der Waals surface area (Å²) in [6.07, 6.45) is 4.24. The minimum atomic E-state index is -0.634. The van der Waals surface area contributed by atoms with E-state index in [1.54, 1.807) is 16.9 Å². The van der Waals surface area contributed by atoms with Gasteiger partial charge in [0.05, 0.1) is 25.5 Å². The highest BCUT2D eigenvalue weighted by molar-refractivity contribution is 5.35. The van der Waals surface area contributed by atoms with Crippen LogP contribution in [0.2, 0.25) is 0 Å². The van der Waals surface area contributed by atoms with Gasteiger partial charge in [-0.05, 0) is 13.0 Å². The van der Waals surface area contributed by atoms with Crippen LogP contribution in [-0.4, -0.2) is 21.9 Å². The molecule has 0 saturated carbocycles. The first-order valence-electron chi connectivity index (χ1n) is 5.63. The Hall–Kier alpha value is -1.95. The van der Waals surface area contributed by atoms with E-state index in [4.69, 9.17) is 10.5 Å². The van der Waals surface area contributed by atoms with E-state index >= 15 is 0 Å². The van der Waals surface area contributed by atoms with Crippen LogP contribution in [0.3, 0.4) is 0 Å². The van der Waals surface area contributed by atoms with Gasteiger partial charge >= 0.3 is 0 Å². The smallest absolute Gasteiger partial charge is 0.161 e. The van der Waals surface area contributed by atoms with Crippen LogP contribution >= 0.6 is 0 Å². The molecule has 2 rings (SSSR count). The third-order valence-corrected chi connectivity index (χ3v) is 2.80. The normalized spacial score (nSPS) is 12.4. The topological polar surface area (TPSA) is 66.0 Å². The van der Waals surface area contributed by atoms with Gasteiger partial charge in [-0.25, -0.2) is 4.39 Å². The number of ether oxygens (including phenoxy) is 1. The Morgan fingerprint density at radius 1 is 1.50 bits per heavy atom. The number of nitrogens with zero attached hydrogens (tertiary/aromatic N) is 3. The van der Waals surface area contributed by atoms with E-state index in [1.165, 1.54) is 13.3 Å². The molecule has 0 aliphatic rings. The first-order chi connectivity index (χ1) is 8.69. The summed E-state index contributed by atoms with van der Waals surface area (Å²) < 4.78 is 20.6. The summed E-state index contributed by atoms with van der Waals surface area (Å²) in [7, 11) is 1.54. The lowest BCUT2D eigenvalue weighted by molar-refractivity contribution is 0.404. The molecule has 0 spiro atoms. The zero-order valence-electron chi connectivity index (χ0n) is 10.3. The number of hydrogen-bond donors (Lipinski definition) is 1. The van der Waals surface area contributed by atoms with Crippen molar-refractivity contribution < 1.29 is 9.13 Å². The second-order valence-corrected chi connectivity index (χ2v) is 3.79. The maximum Gasteiger partial charge on any atom is 0.161 e. The molecule has 2 N–H and O–H groups in total. The third kappa shape index (κ3) is 2.06. The van der Waals surface area contributed by atoms with E-state index in [1.807, 2.05) is 6.92 Å². The highest BCUT2D eigenvalue weighted by Crippen LogP contribution is 2.29. The lowest BCUT2D eigenvalue weighted by atomic mass is 10.1. The molecule has 0 aliphatic heterocycles. The lowest BCUT2D eigenvalue weighted by Gasteiger charge is -2.15. The summed E-state index contributed by atoms with van der Waals surface area (Å²) in [5.74, 6) is 0.122. The van der Waals surface area contributed by atoms with Crippen LogP contribution in [0.5, 0.6) is 5.75 Å². The van der Waals surface area contributed by atoms with Gasteiger partial charge in [0.25, 0.3) is 0 Å². The summed E-state index contributed by atoms with van der Waals surface area (Å²) in [5.41, 5.74) is 7.14. The number of aromatic nitrogens is 3. The van der Waals surface area contributed by atoms with E-state index in [9.17, 15) is 4.39 Å². The van der Waals surface area contributed by atoms with E-state index in [2.05, 4.69) is 10.1 Å². The summed E-state index contributed by atoms with van der Waals surface area (Å²) in [6, 6.07) is 0.928. The third-order valence-electron chi connectivity index (χ3n) is 2.80. The molecule has 1 atom stereocenters. The summed E-state index contributed by atoms with van der Waals surface area (Å²) in [4.78, 5) is 3.71. The maximum absolute atomic E-state index is 13.7. The molecule has 1 unspecified atom stereocenters. The lowest BCUT2D eigenvalue weighted by Crippen LogP contribution is -2.19. The molecule has 0 aromatic carbocycles. The van der Waals surface area contributed by atoms with Crippen molar-refractivity contribution in [2.75, 3.05) is 7.11 Å². The van der Waals surface area contributed by atoms with Crippen LogP contribution in [0.25, 0.3) is 0 Å². The van der Waals surface area contributed by atoms with Gasteiger partial charge in [-0.15, -0.1) is 0 Å². The van der Waals surface area contributed by atoms with Gasteiger partial charge in [0.1, 0.15) is 11.5 Å². The largest absolute Gasteiger partial charge is 0.493 e. The maximum atomic E-state index is 13.7. The van der Waals surface area contributed by atoms with Crippen molar-refractivity contribution in [3.8, 4) is 5.75 Å². The van der Waals surface area contributed by atoms with Gasteiger partial charge in [0.2, 0.25) is 0 Å². The fourth-order valence-electron chi connectivity index (χ4n) is 1.89. The van der Waals surface area contributed by atoms with Crippen molar-refractivity contribution >= 4 is 0 Å². The molecule has 0 fully saturated rings. The van der Waals surface area contributed by atoms with Crippen molar-refractivity contribution in [3.63, 3.8) is 0 Å². The number of halogens is 1. The summed E-state index contributed by atoms with van der Waals surface area (Å²) in [5, 5.41) is 4.16. The van der Waals surface area contributed by atoms with Gasteiger partial charge in [0, 0.05) is 18.3 Å². The van der Waals surface area contributed by atoms with Crippen LogP contribution in [0.1, 0.15) is 24.2 Å². The zero-order valence-corrected chi connectivity index (χ0v) is 10.3. The van der Waals surface area contributed by atoms with E-state index in [0.29, 0.717) is 23.6 Å².